The van der Waals surface area contributed by atoms with Crippen LogP contribution in [0.4, 0.5) is 11.4 Å². The maximum atomic E-state index is 12.7. The number of carbonyl (C=O) groups excluding carboxylic acids is 1. The van der Waals surface area contributed by atoms with Gasteiger partial charge in [-0.15, -0.1) is 0 Å². The summed E-state index contributed by atoms with van der Waals surface area (Å²) in [5, 5.41) is 12.0. The number of para-hydroxylation sites is 1. The highest BCUT2D eigenvalue weighted by Crippen LogP contribution is 2.35. The lowest BCUT2D eigenvalue weighted by Crippen LogP contribution is -2.25. The summed E-state index contributed by atoms with van der Waals surface area (Å²) in [5.74, 6) is 0.311. The highest BCUT2D eigenvalue weighted by molar-refractivity contribution is 6.33. The molecule has 0 bridgehead atoms. The first-order valence-electron chi connectivity index (χ1n) is 8.51. The quantitative estimate of drug-likeness (QED) is 0.779. The number of hydrogen-bond donors (Lipinski definition) is 2. The van der Waals surface area contributed by atoms with E-state index in [4.69, 9.17) is 5.41 Å². The Labute approximate surface area is 147 Å². The average Bonchev–Trinajstić information content (AvgIpc) is 3.11. The lowest BCUT2D eigenvalue weighted by Gasteiger charge is -2.20. The lowest BCUT2D eigenvalue weighted by atomic mass is 10.1. The van der Waals surface area contributed by atoms with Crippen molar-refractivity contribution in [3.63, 3.8) is 0 Å². The number of allylic oxidation sites excluding steroid dienone is 1. The number of ketones is 1. The molecule has 2 N–H and O–H groups in total. The van der Waals surface area contributed by atoms with E-state index in [0.29, 0.717) is 17.8 Å². The molecular weight excluding hydrogens is 310 g/mol. The summed E-state index contributed by atoms with van der Waals surface area (Å²) in [6.07, 6.45) is 0.682. The molecule has 0 aliphatic carbocycles. The number of nitrogens with zero attached hydrogens (tertiary/aromatic N) is 1. The van der Waals surface area contributed by atoms with Gasteiger partial charge in [0, 0.05) is 23.5 Å². The molecule has 0 radical (unpaired) electrons. The van der Waals surface area contributed by atoms with Gasteiger partial charge in [0.2, 0.25) is 0 Å². The van der Waals surface area contributed by atoms with E-state index in [1.807, 2.05) is 36.9 Å². The molecule has 2 aliphatic rings. The van der Waals surface area contributed by atoms with Gasteiger partial charge in [0.15, 0.2) is 5.78 Å². The van der Waals surface area contributed by atoms with Gasteiger partial charge in [-0.25, -0.2) is 0 Å². The number of aryl methyl sites for hydroxylation is 3. The zero-order valence-electron chi connectivity index (χ0n) is 14.7. The molecule has 2 heterocycles. The second-order valence-corrected chi connectivity index (χ2v) is 6.91. The van der Waals surface area contributed by atoms with E-state index in [1.165, 1.54) is 5.56 Å². The molecular formula is C21H21N3O. The third-order valence-electron chi connectivity index (χ3n) is 5.05. The molecule has 0 unspecified atom stereocenters. The summed E-state index contributed by atoms with van der Waals surface area (Å²) in [4.78, 5) is 14.5. The fourth-order valence-electron chi connectivity index (χ4n) is 3.69. The molecule has 1 fully saturated rings. The summed E-state index contributed by atoms with van der Waals surface area (Å²) >= 11 is 0. The van der Waals surface area contributed by atoms with Gasteiger partial charge in [-0.05, 0) is 49.1 Å². The maximum Gasteiger partial charge on any atom is 0.188 e. The third kappa shape index (κ3) is 2.45. The monoisotopic (exact) mass is 331 g/mol. The minimum atomic E-state index is 0.0128. The van der Waals surface area contributed by atoms with Crippen LogP contribution in [0.3, 0.4) is 0 Å². The topological polar surface area (TPSA) is 56.2 Å². The number of hydrogen-bond acceptors (Lipinski definition) is 3. The normalized spacial score (nSPS) is 19.4. The average molecular weight is 331 g/mol. The number of rotatable bonds is 1. The molecule has 4 nitrogen and oxygen atoms in total. The van der Waals surface area contributed by atoms with Crippen LogP contribution in [0, 0.1) is 26.2 Å². The molecule has 126 valence electrons. The van der Waals surface area contributed by atoms with E-state index >= 15 is 0 Å². The Kier molecular flexibility index (Phi) is 3.49. The summed E-state index contributed by atoms with van der Waals surface area (Å²) in [6.45, 7) is 6.34. The molecule has 4 heteroatoms. The van der Waals surface area contributed by atoms with Crippen molar-refractivity contribution < 1.29 is 4.79 Å². The van der Waals surface area contributed by atoms with E-state index in [2.05, 4.69) is 30.4 Å². The zero-order valence-corrected chi connectivity index (χ0v) is 14.7. The van der Waals surface area contributed by atoms with Crippen LogP contribution in [0.15, 0.2) is 47.7 Å². The first-order valence-corrected chi connectivity index (χ1v) is 8.51. The van der Waals surface area contributed by atoms with E-state index in [-0.39, 0.29) is 12.3 Å². The molecule has 2 aromatic rings. The van der Waals surface area contributed by atoms with Crippen molar-refractivity contribution in [2.45, 2.75) is 27.2 Å². The number of Topliss-reactive ketones (excluding diaryl/α,β-unsaturated/α-hetero) is 1. The van der Waals surface area contributed by atoms with Crippen molar-refractivity contribution in [1.29, 1.82) is 5.41 Å². The Bertz CT molecular complexity index is 956. The lowest BCUT2D eigenvalue weighted by molar-refractivity contribution is -0.113. The van der Waals surface area contributed by atoms with Gasteiger partial charge in [-0.3, -0.25) is 10.2 Å². The van der Waals surface area contributed by atoms with E-state index in [1.54, 1.807) is 0 Å². The third-order valence-corrected chi connectivity index (χ3v) is 5.05. The van der Waals surface area contributed by atoms with Crippen molar-refractivity contribution in [2.24, 2.45) is 0 Å². The standard InChI is InChI=1S/C21H21N3O/c1-12-7-8-13(2)17(9-12)24-11-18(25)19(21(24)22)16-10-15-6-4-5-14(3)20(15)23-16/h4-9,22-23H,10-11H2,1-3H3. The molecule has 0 aromatic heterocycles. The SMILES string of the molecule is Cc1ccc(C)c(N2CC(=O)C(=C3Cc4cccc(C)c4N3)C2=N)c1. The highest BCUT2D eigenvalue weighted by Gasteiger charge is 2.36. The van der Waals surface area contributed by atoms with Crippen LogP contribution in [0.5, 0.6) is 0 Å². The minimum absolute atomic E-state index is 0.0128. The molecule has 2 aromatic carbocycles. The van der Waals surface area contributed by atoms with E-state index in [9.17, 15) is 4.79 Å². The van der Waals surface area contributed by atoms with Gasteiger partial charge in [0.1, 0.15) is 5.84 Å². The molecule has 0 spiro atoms. The van der Waals surface area contributed by atoms with Gasteiger partial charge in [-0.2, -0.15) is 0 Å². The Hall–Kier alpha value is -2.88. The van der Waals surface area contributed by atoms with Gasteiger partial charge < -0.3 is 10.2 Å². The Balaban J connectivity index is 1.74. The second-order valence-electron chi connectivity index (χ2n) is 6.91. The van der Waals surface area contributed by atoms with Crippen molar-refractivity contribution >= 4 is 23.0 Å². The summed E-state index contributed by atoms with van der Waals surface area (Å²) in [6, 6.07) is 12.3. The van der Waals surface area contributed by atoms with Crippen LogP contribution in [0.1, 0.15) is 22.3 Å². The molecule has 25 heavy (non-hydrogen) atoms. The smallest absolute Gasteiger partial charge is 0.188 e. The predicted octanol–water partition coefficient (Wildman–Crippen LogP) is 3.90. The largest absolute Gasteiger partial charge is 0.357 e. The number of carbonyl (C=O) groups is 1. The minimum Gasteiger partial charge on any atom is -0.357 e. The van der Waals surface area contributed by atoms with Crippen LogP contribution in [0.2, 0.25) is 0 Å². The molecule has 4 rings (SSSR count). The first-order chi connectivity index (χ1) is 12.0. The van der Waals surface area contributed by atoms with Crippen molar-refractivity contribution in [2.75, 3.05) is 16.8 Å². The van der Waals surface area contributed by atoms with Gasteiger partial charge >= 0.3 is 0 Å². The van der Waals surface area contributed by atoms with E-state index in [0.717, 1.165) is 33.8 Å². The first kappa shape index (κ1) is 15.6. The van der Waals surface area contributed by atoms with Crippen LogP contribution >= 0.6 is 0 Å². The summed E-state index contributed by atoms with van der Waals surface area (Å²) in [5.41, 5.74) is 7.96. The number of amidine groups is 1. The van der Waals surface area contributed by atoms with Crippen LogP contribution in [-0.2, 0) is 11.2 Å². The molecule has 2 aliphatic heterocycles. The van der Waals surface area contributed by atoms with Crippen LogP contribution in [-0.4, -0.2) is 18.2 Å². The number of fused-ring (bicyclic) bond motifs is 1. The van der Waals surface area contributed by atoms with Gasteiger partial charge in [-0.1, -0.05) is 30.3 Å². The van der Waals surface area contributed by atoms with Crippen LogP contribution in [0.25, 0.3) is 0 Å². The molecule has 0 saturated carbocycles. The maximum absolute atomic E-state index is 12.7. The van der Waals surface area contributed by atoms with Crippen molar-refractivity contribution in [3.05, 3.63) is 69.9 Å². The number of anilines is 2. The van der Waals surface area contributed by atoms with Crippen molar-refractivity contribution in [1.82, 2.24) is 0 Å². The molecule has 1 saturated heterocycles. The molecule has 0 amide bonds. The number of nitrogens with one attached hydrogen (secondary N) is 2. The zero-order chi connectivity index (χ0) is 17.7. The Morgan fingerprint density at radius 1 is 1.08 bits per heavy atom. The molecule has 0 atom stereocenters. The van der Waals surface area contributed by atoms with Crippen LogP contribution < -0.4 is 10.2 Å². The highest BCUT2D eigenvalue weighted by atomic mass is 16.1. The summed E-state index contributed by atoms with van der Waals surface area (Å²) in [7, 11) is 0. The number of benzene rings is 2. The van der Waals surface area contributed by atoms with Gasteiger partial charge in [0.05, 0.1) is 12.1 Å². The fourth-order valence-corrected chi connectivity index (χ4v) is 3.69. The van der Waals surface area contributed by atoms with E-state index < -0.39 is 0 Å². The fraction of sp³-hybridized carbons (Fsp3) is 0.238. The second kappa shape index (κ2) is 5.59. The van der Waals surface area contributed by atoms with Gasteiger partial charge in [0.25, 0.3) is 0 Å². The van der Waals surface area contributed by atoms with Crippen molar-refractivity contribution in [3.8, 4) is 0 Å². The summed E-state index contributed by atoms with van der Waals surface area (Å²) < 4.78 is 0. The Morgan fingerprint density at radius 2 is 1.88 bits per heavy atom. The Morgan fingerprint density at radius 3 is 2.64 bits per heavy atom. The predicted molar refractivity (Wildman–Crippen MR) is 102 cm³/mol.